The number of nitrogens with zero attached hydrogens (tertiary/aromatic N) is 2. The van der Waals surface area contributed by atoms with E-state index in [4.69, 9.17) is 9.15 Å². The van der Waals surface area contributed by atoms with Crippen molar-refractivity contribution in [1.82, 2.24) is 9.80 Å². The van der Waals surface area contributed by atoms with Crippen LogP contribution in [0.25, 0.3) is 0 Å². The number of halogens is 1. The molecule has 0 aliphatic carbocycles. The molecule has 1 fully saturated rings. The van der Waals surface area contributed by atoms with Gasteiger partial charge in [-0.3, -0.25) is 4.79 Å². The molecule has 2 aromatic rings. The predicted molar refractivity (Wildman–Crippen MR) is 97.4 cm³/mol. The molecule has 1 aromatic heterocycles. The van der Waals surface area contributed by atoms with Gasteiger partial charge in [0.05, 0.1) is 18.1 Å². The van der Waals surface area contributed by atoms with Crippen molar-refractivity contribution in [2.24, 2.45) is 0 Å². The lowest BCUT2D eigenvalue weighted by molar-refractivity contribution is 0.0640. The molecule has 1 saturated heterocycles. The number of ether oxygens (including phenoxy) is 1. The number of piperazine rings is 1. The Morgan fingerprint density at radius 1 is 1.15 bits per heavy atom. The number of rotatable bonds is 4. The van der Waals surface area contributed by atoms with Crippen molar-refractivity contribution in [2.45, 2.75) is 20.0 Å². The lowest BCUT2D eigenvalue weighted by Crippen LogP contribution is -2.51. The summed E-state index contributed by atoms with van der Waals surface area (Å²) in [5, 5.41) is 2.70. The molecule has 1 aliphatic heterocycles. The van der Waals surface area contributed by atoms with Gasteiger partial charge in [0.2, 0.25) is 0 Å². The molecule has 7 nitrogen and oxygen atoms in total. The van der Waals surface area contributed by atoms with Crippen LogP contribution in [0.15, 0.2) is 41.0 Å². The third-order valence-corrected chi connectivity index (χ3v) is 4.13. The number of carbonyl (C=O) groups is 2. The molecule has 0 bridgehead atoms. The van der Waals surface area contributed by atoms with Crippen molar-refractivity contribution < 1.29 is 23.1 Å². The molecule has 0 saturated carbocycles. The number of anilines is 1. The summed E-state index contributed by atoms with van der Waals surface area (Å²) in [7, 11) is 0. The zero-order valence-corrected chi connectivity index (χ0v) is 15.3. The average Bonchev–Trinajstić information content (AvgIpc) is 3.18. The quantitative estimate of drug-likeness (QED) is 0.891. The van der Waals surface area contributed by atoms with E-state index in [-0.39, 0.29) is 29.5 Å². The van der Waals surface area contributed by atoms with E-state index in [1.807, 2.05) is 13.8 Å². The highest BCUT2D eigenvalue weighted by atomic mass is 19.1. The summed E-state index contributed by atoms with van der Waals surface area (Å²) in [6, 6.07) is 6.91. The third-order valence-electron chi connectivity index (χ3n) is 4.13. The number of urea groups is 1. The fraction of sp³-hybridized carbons (Fsp3) is 0.368. The molecule has 3 amide bonds. The monoisotopic (exact) mass is 375 g/mol. The van der Waals surface area contributed by atoms with Gasteiger partial charge in [0, 0.05) is 32.2 Å². The number of hydrogen-bond donors (Lipinski definition) is 1. The smallest absolute Gasteiger partial charge is 0.322 e. The van der Waals surface area contributed by atoms with E-state index in [1.165, 1.54) is 24.5 Å². The number of hydrogen-bond acceptors (Lipinski definition) is 4. The molecule has 0 unspecified atom stereocenters. The van der Waals surface area contributed by atoms with Gasteiger partial charge < -0.3 is 24.3 Å². The van der Waals surface area contributed by atoms with Crippen molar-refractivity contribution in [3.63, 3.8) is 0 Å². The van der Waals surface area contributed by atoms with E-state index >= 15 is 0 Å². The first-order valence-electron chi connectivity index (χ1n) is 8.79. The second-order valence-electron chi connectivity index (χ2n) is 6.49. The zero-order chi connectivity index (χ0) is 19.4. The second-order valence-corrected chi connectivity index (χ2v) is 6.49. The van der Waals surface area contributed by atoms with Crippen molar-refractivity contribution in [1.29, 1.82) is 0 Å². The van der Waals surface area contributed by atoms with Crippen LogP contribution in [-0.4, -0.2) is 54.0 Å². The van der Waals surface area contributed by atoms with Crippen molar-refractivity contribution >= 4 is 17.6 Å². The number of amides is 3. The molecule has 8 heteroatoms. The normalized spacial score (nSPS) is 14.4. The maximum Gasteiger partial charge on any atom is 0.322 e. The minimum Gasteiger partial charge on any atom is -0.489 e. The topological polar surface area (TPSA) is 75.0 Å². The highest BCUT2D eigenvalue weighted by Gasteiger charge is 2.26. The second kappa shape index (κ2) is 8.11. The van der Waals surface area contributed by atoms with Gasteiger partial charge in [0.1, 0.15) is 11.6 Å². The number of carbonyl (C=O) groups excluding carboxylic acids is 2. The highest BCUT2D eigenvalue weighted by molar-refractivity contribution is 5.93. The summed E-state index contributed by atoms with van der Waals surface area (Å²) in [6.45, 7) is 5.23. The molecule has 0 spiro atoms. The van der Waals surface area contributed by atoms with Crippen LogP contribution in [0.2, 0.25) is 0 Å². The molecule has 27 heavy (non-hydrogen) atoms. The number of nitrogens with one attached hydrogen (secondary N) is 1. The van der Waals surface area contributed by atoms with Gasteiger partial charge in [-0.1, -0.05) is 0 Å². The predicted octanol–water partition coefficient (Wildman–Crippen LogP) is 3.20. The SMILES string of the molecule is CC(C)Oc1ccc(F)cc1NC(=O)N1CCN(C(=O)c2ccco2)CC1. The van der Waals surface area contributed by atoms with Crippen LogP contribution in [0, 0.1) is 5.82 Å². The van der Waals surface area contributed by atoms with E-state index in [2.05, 4.69) is 5.32 Å². The minimum absolute atomic E-state index is 0.109. The van der Waals surface area contributed by atoms with Gasteiger partial charge in [-0.15, -0.1) is 0 Å². The Morgan fingerprint density at radius 2 is 1.85 bits per heavy atom. The first-order chi connectivity index (χ1) is 12.9. The first kappa shape index (κ1) is 18.8. The van der Waals surface area contributed by atoms with Gasteiger partial charge in [-0.05, 0) is 38.1 Å². The highest BCUT2D eigenvalue weighted by Crippen LogP contribution is 2.27. The Labute approximate surface area is 156 Å². The summed E-state index contributed by atoms with van der Waals surface area (Å²) in [6.07, 6.45) is 1.34. The Kier molecular flexibility index (Phi) is 5.63. The maximum absolute atomic E-state index is 13.6. The Morgan fingerprint density at radius 3 is 2.48 bits per heavy atom. The van der Waals surface area contributed by atoms with Crippen LogP contribution in [0.5, 0.6) is 5.75 Å². The summed E-state index contributed by atoms with van der Waals surface area (Å²) in [4.78, 5) is 28.0. The van der Waals surface area contributed by atoms with E-state index in [0.29, 0.717) is 31.9 Å². The molecule has 2 heterocycles. The summed E-state index contributed by atoms with van der Waals surface area (Å²) >= 11 is 0. The Balaban J connectivity index is 1.60. The van der Waals surface area contributed by atoms with Crippen molar-refractivity contribution in [3.8, 4) is 5.75 Å². The van der Waals surface area contributed by atoms with Gasteiger partial charge in [0.25, 0.3) is 5.91 Å². The fourth-order valence-electron chi connectivity index (χ4n) is 2.82. The van der Waals surface area contributed by atoms with Crippen LogP contribution in [0.4, 0.5) is 14.9 Å². The molecule has 1 N–H and O–H groups in total. The van der Waals surface area contributed by atoms with Crippen molar-refractivity contribution in [2.75, 3.05) is 31.5 Å². The Hall–Kier alpha value is -3.03. The number of benzene rings is 1. The summed E-state index contributed by atoms with van der Waals surface area (Å²) in [5.74, 6) is 0.0302. The molecule has 1 aliphatic rings. The standard InChI is InChI=1S/C19H22FN3O4/c1-13(2)27-16-6-5-14(20)12-15(16)21-19(25)23-9-7-22(8-10-23)18(24)17-4-3-11-26-17/h3-6,11-13H,7-10H2,1-2H3,(H,21,25). The molecular formula is C19H22FN3O4. The molecule has 1 aromatic carbocycles. The molecule has 144 valence electrons. The summed E-state index contributed by atoms with van der Waals surface area (Å²) < 4.78 is 24.3. The van der Waals surface area contributed by atoms with Crippen molar-refractivity contribution in [3.05, 3.63) is 48.2 Å². The zero-order valence-electron chi connectivity index (χ0n) is 15.3. The van der Waals surface area contributed by atoms with E-state index in [9.17, 15) is 14.0 Å². The van der Waals surface area contributed by atoms with E-state index in [0.717, 1.165) is 0 Å². The van der Waals surface area contributed by atoms with E-state index < -0.39 is 5.82 Å². The molecule has 0 radical (unpaired) electrons. The fourth-order valence-corrected chi connectivity index (χ4v) is 2.82. The first-order valence-corrected chi connectivity index (χ1v) is 8.79. The lowest BCUT2D eigenvalue weighted by Gasteiger charge is -2.34. The van der Waals surface area contributed by atoms with Crippen LogP contribution < -0.4 is 10.1 Å². The summed E-state index contributed by atoms with van der Waals surface area (Å²) in [5.41, 5.74) is 0.280. The van der Waals surface area contributed by atoms with Gasteiger partial charge >= 0.3 is 6.03 Å². The molecule has 3 rings (SSSR count). The maximum atomic E-state index is 13.6. The van der Waals surface area contributed by atoms with Gasteiger partial charge in [-0.2, -0.15) is 0 Å². The van der Waals surface area contributed by atoms with Gasteiger partial charge in [0.15, 0.2) is 5.76 Å². The largest absolute Gasteiger partial charge is 0.489 e. The van der Waals surface area contributed by atoms with Crippen LogP contribution in [-0.2, 0) is 0 Å². The van der Waals surface area contributed by atoms with Crippen LogP contribution >= 0.6 is 0 Å². The van der Waals surface area contributed by atoms with Crippen LogP contribution in [0.3, 0.4) is 0 Å². The third kappa shape index (κ3) is 4.58. The lowest BCUT2D eigenvalue weighted by atomic mass is 10.2. The van der Waals surface area contributed by atoms with Crippen LogP contribution in [0.1, 0.15) is 24.4 Å². The molecule has 0 atom stereocenters. The average molecular weight is 375 g/mol. The minimum atomic E-state index is -0.463. The molecular weight excluding hydrogens is 353 g/mol. The number of furan rings is 1. The van der Waals surface area contributed by atoms with E-state index in [1.54, 1.807) is 21.9 Å². The Bertz CT molecular complexity index is 799. The van der Waals surface area contributed by atoms with Gasteiger partial charge in [-0.25, -0.2) is 9.18 Å².